The van der Waals surface area contributed by atoms with Crippen LogP contribution in [0.3, 0.4) is 0 Å². The highest BCUT2D eigenvalue weighted by molar-refractivity contribution is 8.76. The van der Waals surface area contributed by atoms with Gasteiger partial charge in [0.05, 0.1) is 18.7 Å². The molecule has 2 amide bonds. The van der Waals surface area contributed by atoms with Crippen molar-refractivity contribution in [1.29, 1.82) is 0 Å². The van der Waals surface area contributed by atoms with Crippen molar-refractivity contribution < 1.29 is 19.2 Å². The van der Waals surface area contributed by atoms with Crippen LogP contribution in [0, 0.1) is 11.8 Å². The number of carbonyl (C=O) groups excluding carboxylic acids is 3. The molecule has 7 nitrogen and oxygen atoms in total. The van der Waals surface area contributed by atoms with Gasteiger partial charge in [0.1, 0.15) is 0 Å². The molecule has 2 aliphatic rings. The lowest BCUT2D eigenvalue weighted by atomic mass is 10.0. The highest BCUT2D eigenvalue weighted by atomic mass is 33.1. The van der Waals surface area contributed by atoms with Gasteiger partial charge in [-0.3, -0.25) is 14.4 Å². The van der Waals surface area contributed by atoms with Crippen LogP contribution >= 0.6 is 21.6 Å². The molecular weight excluding hydrogens is 506 g/mol. The number of amides is 2. The number of hydrogen-bond acceptors (Lipinski definition) is 7. The van der Waals surface area contributed by atoms with Crippen molar-refractivity contribution in [3.63, 3.8) is 0 Å². The van der Waals surface area contributed by atoms with Crippen LogP contribution in [0.5, 0.6) is 0 Å². The summed E-state index contributed by atoms with van der Waals surface area (Å²) in [5.74, 6) is 7.35. The van der Waals surface area contributed by atoms with Crippen LogP contribution < -0.4 is 10.2 Å². The maximum Gasteiger partial charge on any atom is 0.325 e. The summed E-state index contributed by atoms with van der Waals surface area (Å²) in [5.41, 5.74) is 3.47. The SMILES string of the molecule is O=C(CCC(=O)N1Cc2ccccc2C#Cc2ccccc21)NCCSSCCC(=O)ON1CCCC1. The van der Waals surface area contributed by atoms with Crippen molar-refractivity contribution in [2.45, 2.75) is 38.6 Å². The second kappa shape index (κ2) is 14.1. The van der Waals surface area contributed by atoms with Crippen LogP contribution in [0.4, 0.5) is 5.69 Å². The second-order valence-electron chi connectivity index (χ2n) is 8.75. The van der Waals surface area contributed by atoms with E-state index >= 15 is 0 Å². The van der Waals surface area contributed by atoms with Crippen LogP contribution in [0.25, 0.3) is 0 Å². The lowest BCUT2D eigenvalue weighted by molar-refractivity contribution is -0.184. The van der Waals surface area contributed by atoms with E-state index in [1.165, 1.54) is 0 Å². The van der Waals surface area contributed by atoms with Gasteiger partial charge in [-0.2, -0.15) is 0 Å². The highest BCUT2D eigenvalue weighted by Crippen LogP contribution is 2.26. The molecule has 2 heterocycles. The summed E-state index contributed by atoms with van der Waals surface area (Å²) < 4.78 is 0. The summed E-state index contributed by atoms with van der Waals surface area (Å²) in [6.45, 7) is 2.58. The van der Waals surface area contributed by atoms with Crippen LogP contribution in [-0.2, 0) is 25.8 Å². The summed E-state index contributed by atoms with van der Waals surface area (Å²) in [6, 6.07) is 15.5. The van der Waals surface area contributed by atoms with E-state index in [9.17, 15) is 14.4 Å². The molecule has 1 saturated heterocycles. The lowest BCUT2D eigenvalue weighted by Crippen LogP contribution is -2.33. The van der Waals surface area contributed by atoms with Gasteiger partial charge in [-0.15, -0.1) is 5.06 Å². The number of hydrogen-bond donors (Lipinski definition) is 1. The number of anilines is 1. The maximum absolute atomic E-state index is 13.2. The number of fused-ring (bicyclic) bond motifs is 2. The van der Waals surface area contributed by atoms with Gasteiger partial charge in [-0.25, -0.2) is 0 Å². The van der Waals surface area contributed by atoms with Gasteiger partial charge in [0.2, 0.25) is 11.8 Å². The minimum absolute atomic E-state index is 0.105. The Morgan fingerprint density at radius 2 is 1.57 bits per heavy atom. The van der Waals surface area contributed by atoms with Crippen molar-refractivity contribution >= 4 is 45.1 Å². The lowest BCUT2D eigenvalue weighted by Gasteiger charge is -2.26. The molecule has 0 bridgehead atoms. The Morgan fingerprint density at radius 1 is 0.865 bits per heavy atom. The Morgan fingerprint density at radius 3 is 2.41 bits per heavy atom. The van der Waals surface area contributed by atoms with Gasteiger partial charge in [0, 0.05) is 55.1 Å². The Balaban J connectivity index is 1.16. The molecular formula is C28H31N3O4S2. The molecule has 0 saturated carbocycles. The molecule has 2 aromatic carbocycles. The van der Waals surface area contributed by atoms with Gasteiger partial charge < -0.3 is 15.1 Å². The van der Waals surface area contributed by atoms with E-state index in [0.29, 0.717) is 25.3 Å². The Bertz CT molecular complexity index is 1170. The fraction of sp³-hybridized carbons (Fsp3) is 0.393. The summed E-state index contributed by atoms with van der Waals surface area (Å²) in [7, 11) is 3.20. The van der Waals surface area contributed by atoms with Crippen LogP contribution in [0.1, 0.15) is 48.8 Å². The van der Waals surface area contributed by atoms with E-state index in [2.05, 4.69) is 17.2 Å². The summed E-state index contributed by atoms with van der Waals surface area (Å²) in [4.78, 5) is 44.4. The first-order valence-corrected chi connectivity index (χ1v) is 15.0. The molecule has 37 heavy (non-hydrogen) atoms. The number of nitrogens with one attached hydrogen (secondary N) is 1. The number of carbonyl (C=O) groups is 3. The number of rotatable bonds is 11. The average Bonchev–Trinajstić information content (AvgIpc) is 3.41. The number of hydroxylamine groups is 2. The van der Waals surface area contributed by atoms with Gasteiger partial charge in [0.15, 0.2) is 0 Å². The standard InChI is InChI=1S/C28H31N3O4S2/c32-26(29-16-20-37-36-19-15-28(34)35-30-17-5-6-18-30)13-14-27(33)31-21-24-9-2-1-7-22(24)11-12-23-8-3-4-10-25(23)31/h1-4,7-10H,5-6,13-21H2,(H,29,32). The first kappa shape index (κ1) is 27.1. The highest BCUT2D eigenvalue weighted by Gasteiger charge is 2.21. The largest absolute Gasteiger partial charge is 0.368 e. The maximum atomic E-state index is 13.2. The molecule has 0 radical (unpaired) electrons. The molecule has 0 unspecified atom stereocenters. The number of benzene rings is 2. The summed E-state index contributed by atoms with van der Waals surface area (Å²) in [5, 5.41) is 4.62. The third kappa shape index (κ3) is 8.29. The fourth-order valence-corrected chi connectivity index (χ4v) is 5.97. The molecule has 9 heteroatoms. The normalized spacial score (nSPS) is 14.4. The number of para-hydroxylation sites is 1. The monoisotopic (exact) mass is 537 g/mol. The van der Waals surface area contributed by atoms with E-state index in [-0.39, 0.29) is 30.6 Å². The third-order valence-electron chi connectivity index (χ3n) is 6.02. The zero-order valence-electron chi connectivity index (χ0n) is 20.7. The van der Waals surface area contributed by atoms with Gasteiger partial charge in [-0.1, -0.05) is 63.8 Å². The van der Waals surface area contributed by atoms with E-state index < -0.39 is 0 Å². The molecule has 2 aliphatic heterocycles. The minimum Gasteiger partial charge on any atom is -0.368 e. The van der Waals surface area contributed by atoms with Crippen molar-refractivity contribution in [3.8, 4) is 11.8 Å². The number of nitrogens with zero attached hydrogens (tertiary/aromatic N) is 2. The van der Waals surface area contributed by atoms with Gasteiger partial charge >= 0.3 is 5.97 Å². The first-order chi connectivity index (χ1) is 18.1. The van der Waals surface area contributed by atoms with E-state index in [0.717, 1.165) is 54.1 Å². The van der Waals surface area contributed by atoms with E-state index in [1.54, 1.807) is 31.6 Å². The molecule has 4 rings (SSSR count). The molecule has 2 aromatic rings. The molecule has 194 valence electrons. The zero-order valence-corrected chi connectivity index (χ0v) is 22.4. The smallest absolute Gasteiger partial charge is 0.325 e. The van der Waals surface area contributed by atoms with Crippen LogP contribution in [-0.4, -0.2) is 54.0 Å². The second-order valence-corrected chi connectivity index (χ2v) is 11.4. The Hall–Kier alpha value is -2.93. The van der Waals surface area contributed by atoms with Gasteiger partial charge in [-0.05, 0) is 36.6 Å². The Kier molecular flexibility index (Phi) is 10.4. The van der Waals surface area contributed by atoms with Crippen LogP contribution in [0.15, 0.2) is 48.5 Å². The van der Waals surface area contributed by atoms with E-state index in [4.69, 9.17) is 4.84 Å². The van der Waals surface area contributed by atoms with Crippen molar-refractivity contribution in [1.82, 2.24) is 10.4 Å². The van der Waals surface area contributed by atoms with Gasteiger partial charge in [0.25, 0.3) is 0 Å². The molecule has 1 N–H and O–H groups in total. The predicted molar refractivity (Wildman–Crippen MR) is 149 cm³/mol. The van der Waals surface area contributed by atoms with Crippen molar-refractivity contribution in [2.24, 2.45) is 0 Å². The molecule has 0 spiro atoms. The Labute approximate surface area is 226 Å². The third-order valence-corrected chi connectivity index (χ3v) is 8.42. The zero-order chi connectivity index (χ0) is 25.9. The summed E-state index contributed by atoms with van der Waals surface area (Å²) in [6.07, 6.45) is 2.78. The average molecular weight is 538 g/mol. The topological polar surface area (TPSA) is 79.0 Å². The quantitative estimate of drug-likeness (QED) is 0.262. The van der Waals surface area contributed by atoms with E-state index in [1.807, 2.05) is 48.5 Å². The van der Waals surface area contributed by atoms with Crippen molar-refractivity contribution in [3.05, 3.63) is 65.2 Å². The minimum atomic E-state index is -0.189. The summed E-state index contributed by atoms with van der Waals surface area (Å²) >= 11 is 0. The van der Waals surface area contributed by atoms with Crippen LogP contribution in [0.2, 0.25) is 0 Å². The molecule has 0 aromatic heterocycles. The fourth-order valence-electron chi connectivity index (χ4n) is 4.10. The molecule has 0 atom stereocenters. The van der Waals surface area contributed by atoms with Crippen molar-refractivity contribution in [2.75, 3.05) is 36.0 Å². The molecule has 1 fully saturated rings. The first-order valence-electron chi connectivity index (χ1n) is 12.6. The molecule has 0 aliphatic carbocycles. The predicted octanol–water partition coefficient (Wildman–Crippen LogP) is 4.15.